The molecule has 0 aliphatic carbocycles. The molecule has 0 amide bonds. The molecule has 1 heterocycles. The fraction of sp³-hybridized carbons (Fsp3) is 0.312. The number of anilines is 1. The zero-order chi connectivity index (χ0) is 14.4. The van der Waals surface area contributed by atoms with Gasteiger partial charge in [-0.05, 0) is 48.7 Å². The third-order valence-electron chi connectivity index (χ3n) is 3.26. The molecule has 0 fully saturated rings. The topological polar surface area (TPSA) is 50.9 Å². The van der Waals surface area contributed by atoms with E-state index in [2.05, 4.69) is 51.4 Å². The van der Waals surface area contributed by atoms with E-state index in [4.69, 9.17) is 5.73 Å². The monoisotopic (exact) mass is 333 g/mol. The fourth-order valence-corrected chi connectivity index (χ4v) is 2.79. The molecule has 4 heteroatoms. The van der Waals surface area contributed by atoms with Crippen molar-refractivity contribution in [2.24, 2.45) is 0 Å². The van der Waals surface area contributed by atoms with Gasteiger partial charge in [-0.3, -0.25) is 0 Å². The molecule has 0 saturated carbocycles. The Balaban J connectivity index is 2.09. The summed E-state index contributed by atoms with van der Waals surface area (Å²) in [5.74, 6) is 0.629. The van der Waals surface area contributed by atoms with Crippen molar-refractivity contribution in [1.29, 1.82) is 0 Å². The van der Waals surface area contributed by atoms with E-state index in [0.717, 1.165) is 29.4 Å². The van der Waals surface area contributed by atoms with Gasteiger partial charge in [-0.15, -0.1) is 0 Å². The Bertz CT molecular complexity index is 557. The molecule has 1 aromatic heterocycles. The number of likely N-dealkylation sites (N-methyl/N-ethyl adjacent to an activating group) is 1. The number of benzene rings is 1. The number of rotatable bonds is 6. The highest BCUT2D eigenvalue weighted by Gasteiger charge is 2.11. The number of aromatic nitrogens is 1. The van der Waals surface area contributed by atoms with Crippen LogP contribution in [-0.2, 0) is 12.8 Å². The Morgan fingerprint density at radius 3 is 2.80 bits per heavy atom. The van der Waals surface area contributed by atoms with Crippen LogP contribution in [0.2, 0.25) is 0 Å². The highest BCUT2D eigenvalue weighted by molar-refractivity contribution is 9.10. The summed E-state index contributed by atoms with van der Waals surface area (Å²) >= 11 is 3.52. The number of hydrogen-bond donors (Lipinski definition) is 2. The second-order valence-electron chi connectivity index (χ2n) is 4.84. The minimum absolute atomic E-state index is 0.362. The molecule has 0 bridgehead atoms. The maximum Gasteiger partial charge on any atom is 0.126 e. The van der Waals surface area contributed by atoms with Crippen molar-refractivity contribution in [3.63, 3.8) is 0 Å². The maximum absolute atomic E-state index is 5.94. The molecular formula is C16H20BrN3. The number of nitrogens with zero attached hydrogens (tertiary/aromatic N) is 1. The van der Waals surface area contributed by atoms with Crippen molar-refractivity contribution in [3.05, 3.63) is 58.2 Å². The summed E-state index contributed by atoms with van der Waals surface area (Å²) in [6, 6.07) is 12.8. The lowest BCUT2D eigenvalue weighted by Crippen LogP contribution is -2.33. The van der Waals surface area contributed by atoms with E-state index >= 15 is 0 Å². The lowest BCUT2D eigenvalue weighted by atomic mass is 9.99. The fourth-order valence-electron chi connectivity index (χ4n) is 2.34. The molecule has 0 aliphatic heterocycles. The first-order chi connectivity index (χ1) is 9.69. The Morgan fingerprint density at radius 1 is 1.25 bits per heavy atom. The second-order valence-corrected chi connectivity index (χ2v) is 5.76. The lowest BCUT2D eigenvalue weighted by molar-refractivity contribution is 0.521. The van der Waals surface area contributed by atoms with E-state index in [-0.39, 0.29) is 0 Å². The number of nitrogen functional groups attached to an aromatic ring is 1. The normalized spacial score (nSPS) is 12.3. The molecule has 20 heavy (non-hydrogen) atoms. The van der Waals surface area contributed by atoms with E-state index in [1.165, 1.54) is 5.56 Å². The van der Waals surface area contributed by atoms with E-state index in [1.807, 2.05) is 18.2 Å². The van der Waals surface area contributed by atoms with Gasteiger partial charge in [0.05, 0.1) is 0 Å². The highest BCUT2D eigenvalue weighted by Crippen LogP contribution is 2.16. The predicted octanol–water partition coefficient (Wildman–Crippen LogP) is 3.19. The average Bonchev–Trinajstić information content (AvgIpc) is 2.42. The number of nitrogens with one attached hydrogen (secondary N) is 1. The molecule has 1 atom stereocenters. The summed E-state index contributed by atoms with van der Waals surface area (Å²) < 4.78 is 1.12. The van der Waals surface area contributed by atoms with E-state index in [9.17, 15) is 0 Å². The third-order valence-corrected chi connectivity index (χ3v) is 3.75. The molecule has 2 aromatic rings. The van der Waals surface area contributed by atoms with Crippen LogP contribution in [0.5, 0.6) is 0 Å². The van der Waals surface area contributed by atoms with Gasteiger partial charge in [0.25, 0.3) is 0 Å². The Kier molecular flexibility index (Phi) is 5.56. The van der Waals surface area contributed by atoms with Gasteiger partial charge in [0.1, 0.15) is 5.82 Å². The zero-order valence-electron chi connectivity index (χ0n) is 11.6. The second kappa shape index (κ2) is 7.41. The minimum Gasteiger partial charge on any atom is -0.383 e. The first-order valence-corrected chi connectivity index (χ1v) is 7.65. The van der Waals surface area contributed by atoms with Crippen molar-refractivity contribution in [2.45, 2.75) is 25.8 Å². The summed E-state index contributed by atoms with van der Waals surface area (Å²) in [6.07, 6.45) is 3.59. The van der Waals surface area contributed by atoms with Crippen LogP contribution in [0.25, 0.3) is 0 Å². The summed E-state index contributed by atoms with van der Waals surface area (Å²) in [7, 11) is 0. The van der Waals surface area contributed by atoms with Crippen LogP contribution in [0.1, 0.15) is 18.1 Å². The van der Waals surface area contributed by atoms with Crippen LogP contribution in [-0.4, -0.2) is 17.6 Å². The van der Waals surface area contributed by atoms with Gasteiger partial charge in [0.2, 0.25) is 0 Å². The maximum atomic E-state index is 5.94. The molecule has 0 radical (unpaired) electrons. The van der Waals surface area contributed by atoms with Gasteiger partial charge in [0.15, 0.2) is 0 Å². The number of hydrogen-bond acceptors (Lipinski definition) is 3. The Hall–Kier alpha value is -1.39. The molecule has 2 rings (SSSR count). The molecular weight excluding hydrogens is 314 g/mol. The van der Waals surface area contributed by atoms with Crippen LogP contribution in [0, 0.1) is 0 Å². The molecule has 3 nitrogen and oxygen atoms in total. The van der Waals surface area contributed by atoms with Crippen LogP contribution in [0.4, 0.5) is 5.82 Å². The molecule has 106 valence electrons. The molecule has 1 unspecified atom stereocenters. The smallest absolute Gasteiger partial charge is 0.126 e. The average molecular weight is 334 g/mol. The largest absolute Gasteiger partial charge is 0.383 e. The van der Waals surface area contributed by atoms with Crippen molar-refractivity contribution in [2.75, 3.05) is 12.3 Å². The number of pyridine rings is 1. The zero-order valence-corrected chi connectivity index (χ0v) is 13.2. The molecule has 1 aromatic carbocycles. The quantitative estimate of drug-likeness (QED) is 0.853. The van der Waals surface area contributed by atoms with Gasteiger partial charge >= 0.3 is 0 Å². The predicted molar refractivity (Wildman–Crippen MR) is 87.7 cm³/mol. The summed E-state index contributed by atoms with van der Waals surface area (Å²) in [4.78, 5) is 4.16. The lowest BCUT2D eigenvalue weighted by Gasteiger charge is -2.19. The number of nitrogens with two attached hydrogens (primary N) is 1. The van der Waals surface area contributed by atoms with E-state index in [0.29, 0.717) is 11.9 Å². The molecule has 0 spiro atoms. The van der Waals surface area contributed by atoms with Crippen LogP contribution >= 0.6 is 15.9 Å². The van der Waals surface area contributed by atoms with E-state index < -0.39 is 0 Å². The summed E-state index contributed by atoms with van der Waals surface area (Å²) in [5.41, 5.74) is 8.35. The van der Waals surface area contributed by atoms with E-state index in [1.54, 1.807) is 6.20 Å². The van der Waals surface area contributed by atoms with Crippen molar-refractivity contribution in [1.82, 2.24) is 10.3 Å². The van der Waals surface area contributed by atoms with Crippen LogP contribution < -0.4 is 11.1 Å². The van der Waals surface area contributed by atoms with Crippen molar-refractivity contribution < 1.29 is 0 Å². The van der Waals surface area contributed by atoms with Gasteiger partial charge in [-0.2, -0.15) is 0 Å². The first kappa shape index (κ1) is 15.0. The molecule has 3 N–H and O–H groups in total. The van der Waals surface area contributed by atoms with Crippen LogP contribution in [0.15, 0.2) is 47.1 Å². The summed E-state index contributed by atoms with van der Waals surface area (Å²) in [5, 5.41) is 3.53. The summed E-state index contributed by atoms with van der Waals surface area (Å²) in [6.45, 7) is 3.07. The third kappa shape index (κ3) is 4.32. The molecule has 0 saturated heterocycles. The van der Waals surface area contributed by atoms with Gasteiger partial charge in [-0.25, -0.2) is 4.98 Å². The van der Waals surface area contributed by atoms with Crippen molar-refractivity contribution in [3.8, 4) is 0 Å². The van der Waals surface area contributed by atoms with Gasteiger partial charge < -0.3 is 11.1 Å². The standard InChI is InChI=1S/C16H20BrN3/c1-2-19-15(10-12-5-3-7-14(17)9-12)11-13-6-4-8-20-16(13)18/h3-9,15,19H,2,10-11H2,1H3,(H2,18,20). The van der Waals surface area contributed by atoms with Crippen LogP contribution in [0.3, 0.4) is 0 Å². The van der Waals surface area contributed by atoms with Gasteiger partial charge in [-0.1, -0.05) is 41.1 Å². The van der Waals surface area contributed by atoms with Gasteiger partial charge in [0, 0.05) is 16.7 Å². The highest BCUT2D eigenvalue weighted by atomic mass is 79.9. The number of halogens is 1. The minimum atomic E-state index is 0.362. The SMILES string of the molecule is CCNC(Cc1cccc(Br)c1)Cc1cccnc1N. The Labute approximate surface area is 128 Å². The van der Waals surface area contributed by atoms with Crippen molar-refractivity contribution >= 4 is 21.7 Å². The molecule has 0 aliphatic rings. The Morgan fingerprint density at radius 2 is 2.10 bits per heavy atom. The first-order valence-electron chi connectivity index (χ1n) is 6.86.